The molecule has 4 fully saturated rings. The minimum atomic E-state index is -3.48. The number of hydrogen-bond donors (Lipinski definition) is 0. The Morgan fingerprint density at radius 2 is 1.75 bits per heavy atom. The van der Waals surface area contributed by atoms with Gasteiger partial charge in [0.2, 0.25) is 10.0 Å². The van der Waals surface area contributed by atoms with Gasteiger partial charge in [-0.25, -0.2) is 8.42 Å². The number of rotatable bonds is 4. The molecule has 1 heterocycles. The Morgan fingerprint density at radius 3 is 2.32 bits per heavy atom. The van der Waals surface area contributed by atoms with Crippen molar-refractivity contribution in [2.24, 2.45) is 29.1 Å². The van der Waals surface area contributed by atoms with Crippen LogP contribution < -0.4 is 0 Å². The second-order valence-electron chi connectivity index (χ2n) is 9.42. The molecule has 6 heteroatoms. The van der Waals surface area contributed by atoms with Gasteiger partial charge in [0.05, 0.1) is 10.8 Å². The lowest BCUT2D eigenvalue weighted by molar-refractivity contribution is -0.190. The lowest BCUT2D eigenvalue weighted by atomic mass is 9.45. The first-order valence-corrected chi connectivity index (χ1v) is 11.9. The molecule has 0 N–H and O–H groups in total. The van der Waals surface area contributed by atoms with E-state index < -0.39 is 10.0 Å². The first kappa shape index (κ1) is 19.9. The first-order chi connectivity index (χ1) is 13.2. The second kappa shape index (κ2) is 7.13. The highest BCUT2D eigenvalue weighted by Gasteiger charge is 2.57. The van der Waals surface area contributed by atoms with E-state index in [1.165, 1.54) is 10.7 Å². The average Bonchev–Trinajstić information content (AvgIpc) is 2.69. The second-order valence-corrected chi connectivity index (χ2v) is 11.4. The van der Waals surface area contributed by atoms with Crippen LogP contribution in [0.15, 0.2) is 35.2 Å². The van der Waals surface area contributed by atoms with Crippen molar-refractivity contribution < 1.29 is 17.9 Å². The van der Waals surface area contributed by atoms with Crippen LogP contribution in [0.5, 0.6) is 0 Å². The molecule has 4 unspecified atom stereocenters. The van der Waals surface area contributed by atoms with Crippen molar-refractivity contribution in [3.63, 3.8) is 0 Å². The van der Waals surface area contributed by atoms with E-state index in [0.717, 1.165) is 6.42 Å². The highest BCUT2D eigenvalue weighted by molar-refractivity contribution is 7.89. The highest BCUT2D eigenvalue weighted by atomic mass is 32.2. The van der Waals surface area contributed by atoms with Crippen LogP contribution in [0.4, 0.5) is 0 Å². The number of carbonyl (C=O) groups excluding carboxylic acids is 1. The average molecular weight is 406 g/mol. The summed E-state index contributed by atoms with van der Waals surface area (Å²) >= 11 is 0. The Kier molecular flexibility index (Phi) is 5.07. The maximum atomic E-state index is 12.7. The Labute approximate surface area is 168 Å². The van der Waals surface area contributed by atoms with Gasteiger partial charge in [-0.05, 0) is 61.0 Å². The Bertz CT molecular complexity index is 827. The maximum absolute atomic E-state index is 12.7. The molecule has 0 amide bonds. The van der Waals surface area contributed by atoms with Crippen molar-refractivity contribution in [1.29, 1.82) is 0 Å². The van der Waals surface area contributed by atoms with Gasteiger partial charge in [-0.1, -0.05) is 39.0 Å². The molecule has 0 radical (unpaired) electrons. The molecule has 0 spiro atoms. The van der Waals surface area contributed by atoms with Crippen LogP contribution in [-0.2, 0) is 19.6 Å². The van der Waals surface area contributed by atoms with E-state index in [9.17, 15) is 13.2 Å². The Hall–Kier alpha value is -1.40. The lowest BCUT2D eigenvalue weighted by Gasteiger charge is -2.61. The van der Waals surface area contributed by atoms with E-state index >= 15 is 0 Å². The Morgan fingerprint density at radius 1 is 1.11 bits per heavy atom. The smallest absolute Gasteiger partial charge is 0.309 e. The standard InChI is InChI=1S/C22H31NO4S/c1-15-19-13-17(22(19,2)3)14-20(15)27-21(24)16-9-11-23(12-10-16)28(25,26)18-7-5-4-6-8-18/h4-8,15-17,19-20H,9-14H2,1-3H3. The van der Waals surface area contributed by atoms with Crippen molar-refractivity contribution in [2.75, 3.05) is 13.1 Å². The van der Waals surface area contributed by atoms with Gasteiger partial charge >= 0.3 is 5.97 Å². The van der Waals surface area contributed by atoms with Crippen LogP contribution in [0.25, 0.3) is 0 Å². The fourth-order valence-corrected chi connectivity index (χ4v) is 7.07. The van der Waals surface area contributed by atoms with Crippen LogP contribution in [0.3, 0.4) is 0 Å². The van der Waals surface area contributed by atoms with Gasteiger partial charge in [-0.2, -0.15) is 4.31 Å². The molecular formula is C22H31NO4S. The van der Waals surface area contributed by atoms with Crippen molar-refractivity contribution in [2.45, 2.75) is 57.5 Å². The molecule has 1 aromatic carbocycles. The quantitative estimate of drug-likeness (QED) is 0.717. The van der Waals surface area contributed by atoms with Gasteiger partial charge < -0.3 is 4.74 Å². The monoisotopic (exact) mass is 405 g/mol. The number of ether oxygens (including phenoxy) is 1. The van der Waals surface area contributed by atoms with Gasteiger partial charge in [0.25, 0.3) is 0 Å². The molecule has 3 saturated carbocycles. The van der Waals surface area contributed by atoms with Gasteiger partial charge in [0, 0.05) is 13.1 Å². The molecule has 154 valence electrons. The van der Waals surface area contributed by atoms with Crippen molar-refractivity contribution in [3.8, 4) is 0 Å². The molecule has 1 aromatic rings. The molecule has 5 nitrogen and oxygen atoms in total. The van der Waals surface area contributed by atoms with Crippen LogP contribution in [-0.4, -0.2) is 37.9 Å². The number of piperidine rings is 1. The third-order valence-corrected chi connectivity index (χ3v) is 9.63. The Balaban J connectivity index is 1.33. The molecule has 3 aliphatic carbocycles. The summed E-state index contributed by atoms with van der Waals surface area (Å²) in [6, 6.07) is 8.50. The molecule has 1 saturated heterocycles. The molecule has 4 atom stereocenters. The van der Waals surface area contributed by atoms with Crippen molar-refractivity contribution in [1.82, 2.24) is 4.31 Å². The zero-order valence-corrected chi connectivity index (χ0v) is 17.8. The van der Waals surface area contributed by atoms with Crippen molar-refractivity contribution in [3.05, 3.63) is 30.3 Å². The minimum Gasteiger partial charge on any atom is -0.462 e. The van der Waals surface area contributed by atoms with Crippen molar-refractivity contribution >= 4 is 16.0 Å². The summed E-state index contributed by atoms with van der Waals surface area (Å²) in [7, 11) is -3.48. The SMILES string of the molecule is CC1C(OC(=O)C2CCN(S(=O)(=O)c3ccccc3)CC2)CC2CC1C2(C)C. The largest absolute Gasteiger partial charge is 0.462 e. The van der Waals surface area contributed by atoms with Crippen LogP contribution in [0.1, 0.15) is 46.5 Å². The summed E-state index contributed by atoms with van der Waals surface area (Å²) in [5.74, 6) is 1.38. The van der Waals surface area contributed by atoms with E-state index in [0.29, 0.717) is 54.0 Å². The van der Waals surface area contributed by atoms with Crippen LogP contribution in [0, 0.1) is 29.1 Å². The number of benzene rings is 1. The number of nitrogens with zero attached hydrogens (tertiary/aromatic N) is 1. The van der Waals surface area contributed by atoms with E-state index in [2.05, 4.69) is 20.8 Å². The molecule has 4 aliphatic rings. The molecular weight excluding hydrogens is 374 g/mol. The lowest BCUT2D eigenvalue weighted by Crippen LogP contribution is -2.57. The third kappa shape index (κ3) is 3.28. The third-order valence-electron chi connectivity index (χ3n) is 7.72. The minimum absolute atomic E-state index is 0.0235. The summed E-state index contributed by atoms with van der Waals surface area (Å²) in [6.45, 7) is 7.63. The highest BCUT2D eigenvalue weighted by Crippen LogP contribution is 2.61. The van der Waals surface area contributed by atoms with Gasteiger partial charge in [0.1, 0.15) is 6.10 Å². The van der Waals surface area contributed by atoms with E-state index in [4.69, 9.17) is 4.74 Å². The zero-order valence-electron chi connectivity index (χ0n) is 17.0. The number of sulfonamides is 1. The fourth-order valence-electron chi connectivity index (χ4n) is 5.58. The zero-order chi connectivity index (χ0) is 20.1. The van der Waals surface area contributed by atoms with E-state index in [1.807, 2.05) is 0 Å². The number of fused-ring (bicyclic) bond motifs is 2. The molecule has 28 heavy (non-hydrogen) atoms. The van der Waals surface area contributed by atoms with Crippen LogP contribution in [0.2, 0.25) is 0 Å². The number of carbonyl (C=O) groups is 1. The summed E-state index contributed by atoms with van der Waals surface area (Å²) in [6.07, 6.45) is 3.32. The van der Waals surface area contributed by atoms with E-state index in [1.54, 1.807) is 30.3 Å². The topological polar surface area (TPSA) is 63.7 Å². The first-order valence-electron chi connectivity index (χ1n) is 10.5. The predicted octanol–water partition coefficient (Wildman–Crippen LogP) is 3.70. The van der Waals surface area contributed by atoms with Gasteiger partial charge in [-0.3, -0.25) is 4.79 Å². The van der Waals surface area contributed by atoms with Crippen LogP contribution >= 0.6 is 0 Å². The summed E-state index contributed by atoms with van der Waals surface area (Å²) in [4.78, 5) is 13.0. The van der Waals surface area contributed by atoms with Gasteiger partial charge in [-0.15, -0.1) is 0 Å². The fraction of sp³-hybridized carbons (Fsp3) is 0.682. The predicted molar refractivity (Wildman–Crippen MR) is 107 cm³/mol. The maximum Gasteiger partial charge on any atom is 0.309 e. The van der Waals surface area contributed by atoms with E-state index in [-0.39, 0.29) is 18.0 Å². The normalized spacial score (nSPS) is 33.1. The molecule has 0 aromatic heterocycles. The van der Waals surface area contributed by atoms with Gasteiger partial charge in [0.15, 0.2) is 0 Å². The summed E-state index contributed by atoms with van der Waals surface area (Å²) < 4.78 is 32.9. The molecule has 1 aliphatic heterocycles. The number of esters is 1. The summed E-state index contributed by atoms with van der Waals surface area (Å²) in [5, 5.41) is 0. The number of hydrogen-bond acceptors (Lipinski definition) is 4. The molecule has 2 bridgehead atoms. The summed E-state index contributed by atoms with van der Waals surface area (Å²) in [5.41, 5.74) is 0.374. The molecule has 5 rings (SSSR count).